The van der Waals surface area contributed by atoms with Gasteiger partial charge in [-0.1, -0.05) is 57.2 Å². The summed E-state index contributed by atoms with van der Waals surface area (Å²) in [5, 5.41) is 15.9. The number of tetrazole rings is 1. The van der Waals surface area contributed by atoms with Gasteiger partial charge in [0.05, 0.1) is 45.5 Å². The summed E-state index contributed by atoms with van der Waals surface area (Å²) in [6.45, 7) is 14.7. The van der Waals surface area contributed by atoms with Crippen LogP contribution in [0, 0.1) is 5.92 Å². The van der Waals surface area contributed by atoms with Crippen molar-refractivity contribution in [3.05, 3.63) is 102 Å². The standard InChI is InChI=1S/C50H69N9O11S2Si/c1-49(2,3)69-48(61)52-28-41(70-73(10,11)50(4,5)6)29-53-71(62,63)43-25-24-42(57-27-26-37(33-57)46(51)60)44(47-54-56-59(55-47)32-36-16-22-40(68-9)23-17-36)45(43)72(64,65)58(30-34-12-18-38(66-7)19-13-34)31-35-14-20-39(67-8)21-15-35/h12-25,37,41,53H,26-33H2,1-11H3,(H2,51,60)(H,52,61). The molecule has 396 valence electrons. The van der Waals surface area contributed by atoms with Crippen molar-refractivity contribution in [1.82, 2.24) is 34.6 Å². The number of primary amides is 1. The minimum atomic E-state index is -4.98. The number of aromatic nitrogens is 4. The molecule has 1 fully saturated rings. The van der Waals surface area contributed by atoms with Gasteiger partial charge in [-0.05, 0) is 116 Å². The Hall–Kier alpha value is -6.11. The van der Waals surface area contributed by atoms with E-state index < -0.39 is 67.8 Å². The summed E-state index contributed by atoms with van der Waals surface area (Å²) in [5.41, 5.74) is 6.97. The van der Waals surface area contributed by atoms with E-state index in [0.29, 0.717) is 34.8 Å². The van der Waals surface area contributed by atoms with E-state index in [4.69, 9.17) is 34.2 Å². The number of benzene rings is 4. The van der Waals surface area contributed by atoms with Gasteiger partial charge in [0.2, 0.25) is 31.8 Å². The molecule has 2 atom stereocenters. The van der Waals surface area contributed by atoms with Crippen molar-refractivity contribution < 1.29 is 49.8 Å². The highest BCUT2D eigenvalue weighted by Gasteiger charge is 2.42. The molecule has 1 aliphatic rings. The third kappa shape index (κ3) is 14.4. The van der Waals surface area contributed by atoms with Gasteiger partial charge in [0.15, 0.2) is 8.32 Å². The molecule has 73 heavy (non-hydrogen) atoms. The number of sulfonamides is 2. The summed E-state index contributed by atoms with van der Waals surface area (Å²) >= 11 is 0. The number of nitrogens with zero attached hydrogens (tertiary/aromatic N) is 6. The molecule has 0 bridgehead atoms. The number of anilines is 1. The molecule has 5 aromatic rings. The first-order valence-electron chi connectivity index (χ1n) is 23.8. The molecule has 2 heterocycles. The van der Waals surface area contributed by atoms with E-state index in [-0.39, 0.29) is 67.9 Å². The van der Waals surface area contributed by atoms with E-state index in [0.717, 1.165) is 5.56 Å². The Kier molecular flexibility index (Phi) is 17.7. The maximum absolute atomic E-state index is 16.2. The number of hydrogen-bond acceptors (Lipinski definition) is 15. The van der Waals surface area contributed by atoms with Crippen LogP contribution in [-0.4, -0.2) is 121 Å². The van der Waals surface area contributed by atoms with Gasteiger partial charge in [0, 0.05) is 45.0 Å². The van der Waals surface area contributed by atoms with Crippen LogP contribution in [0.2, 0.25) is 18.1 Å². The van der Waals surface area contributed by atoms with Crippen LogP contribution in [0.4, 0.5) is 10.5 Å². The minimum Gasteiger partial charge on any atom is -0.497 e. The fourth-order valence-electron chi connectivity index (χ4n) is 7.78. The zero-order chi connectivity index (χ0) is 53.5. The fraction of sp³-hybridized carbons (Fsp3) is 0.460. The van der Waals surface area contributed by atoms with Crippen LogP contribution >= 0.6 is 0 Å². The Bertz CT molecular complexity index is 2880. The van der Waals surface area contributed by atoms with Crippen molar-refractivity contribution in [3.63, 3.8) is 0 Å². The lowest BCUT2D eigenvalue weighted by molar-refractivity contribution is -0.121. The number of hydrogen-bond donors (Lipinski definition) is 3. The first kappa shape index (κ1) is 56.2. The second kappa shape index (κ2) is 23.0. The van der Waals surface area contributed by atoms with Crippen LogP contribution in [0.25, 0.3) is 11.4 Å². The Labute approximate surface area is 430 Å². The topological polar surface area (TPSA) is 249 Å². The quantitative estimate of drug-likeness (QED) is 0.0643. The largest absolute Gasteiger partial charge is 0.497 e. The number of nitrogens with two attached hydrogens (primary N) is 1. The lowest BCUT2D eigenvalue weighted by atomic mass is 10.1. The maximum atomic E-state index is 16.2. The summed E-state index contributed by atoms with van der Waals surface area (Å²) in [4.78, 5) is 27.3. The molecule has 20 nitrogen and oxygen atoms in total. The molecule has 2 amide bonds. The summed E-state index contributed by atoms with van der Waals surface area (Å²) in [6, 6.07) is 23.6. The lowest BCUT2D eigenvalue weighted by Gasteiger charge is -2.39. The number of nitrogens with one attached hydrogen (secondary N) is 2. The molecule has 4 N–H and O–H groups in total. The van der Waals surface area contributed by atoms with Gasteiger partial charge in [0.25, 0.3) is 0 Å². The van der Waals surface area contributed by atoms with Crippen LogP contribution in [0.3, 0.4) is 0 Å². The monoisotopic (exact) mass is 1060 g/mol. The average Bonchev–Trinajstić information content (AvgIpc) is 4.02. The zero-order valence-corrected chi connectivity index (χ0v) is 46.1. The highest BCUT2D eigenvalue weighted by atomic mass is 32.2. The van der Waals surface area contributed by atoms with E-state index in [2.05, 4.69) is 20.4 Å². The normalized spacial score (nSPS) is 15.0. The number of ether oxygens (including phenoxy) is 4. The molecular formula is C50H69N9O11S2Si. The summed E-state index contributed by atoms with van der Waals surface area (Å²) < 4.78 is 95.1. The molecule has 0 saturated carbocycles. The van der Waals surface area contributed by atoms with Crippen LogP contribution in [0.1, 0.15) is 64.7 Å². The van der Waals surface area contributed by atoms with Gasteiger partial charge in [-0.15, -0.1) is 10.2 Å². The molecule has 0 aliphatic carbocycles. The molecule has 1 aromatic heterocycles. The summed E-state index contributed by atoms with van der Waals surface area (Å²) in [7, 11) is -7.88. The van der Waals surface area contributed by atoms with Gasteiger partial charge in [-0.3, -0.25) is 4.79 Å². The molecule has 4 aromatic carbocycles. The highest BCUT2D eigenvalue weighted by molar-refractivity contribution is 7.92. The second-order valence-corrected chi connectivity index (χ2v) is 28.7. The fourth-order valence-corrected chi connectivity index (χ4v) is 12.6. The minimum absolute atomic E-state index is 0.102. The average molecular weight is 1060 g/mol. The van der Waals surface area contributed by atoms with Crippen LogP contribution in [0.15, 0.2) is 94.7 Å². The molecule has 6 rings (SSSR count). The molecule has 0 spiro atoms. The Morgan fingerprint density at radius 1 is 0.795 bits per heavy atom. The first-order chi connectivity index (χ1) is 34.2. The molecule has 23 heteroatoms. The van der Waals surface area contributed by atoms with E-state index >= 15 is 16.8 Å². The molecule has 2 unspecified atom stereocenters. The van der Waals surface area contributed by atoms with Gasteiger partial charge in [0.1, 0.15) is 32.6 Å². The summed E-state index contributed by atoms with van der Waals surface area (Å²) in [5.74, 6) is 0.395. The van der Waals surface area contributed by atoms with Crippen molar-refractivity contribution in [3.8, 4) is 28.6 Å². The number of methoxy groups -OCH3 is 3. The van der Waals surface area contributed by atoms with Crippen LogP contribution in [-0.2, 0) is 53.6 Å². The number of alkyl carbamates (subject to hydrolysis) is 1. The van der Waals surface area contributed by atoms with Crippen molar-refractivity contribution in [2.24, 2.45) is 11.7 Å². The number of rotatable bonds is 22. The molecule has 1 aliphatic heterocycles. The van der Waals surface area contributed by atoms with Gasteiger partial charge >= 0.3 is 6.09 Å². The van der Waals surface area contributed by atoms with E-state index in [1.54, 1.807) is 93.4 Å². The van der Waals surface area contributed by atoms with Crippen molar-refractivity contribution in [2.45, 2.75) is 107 Å². The predicted molar refractivity (Wildman–Crippen MR) is 279 cm³/mol. The lowest BCUT2D eigenvalue weighted by Crippen LogP contribution is -2.51. The van der Waals surface area contributed by atoms with Crippen LogP contribution in [0.5, 0.6) is 17.2 Å². The van der Waals surface area contributed by atoms with Gasteiger partial charge in [-0.25, -0.2) is 26.4 Å². The molecular weight excluding hydrogens is 995 g/mol. The third-order valence-electron chi connectivity index (χ3n) is 12.8. The van der Waals surface area contributed by atoms with Gasteiger partial charge < -0.3 is 39.3 Å². The zero-order valence-electron chi connectivity index (χ0n) is 43.5. The Morgan fingerprint density at radius 2 is 1.33 bits per heavy atom. The summed E-state index contributed by atoms with van der Waals surface area (Å²) in [6.07, 6.45) is -1.31. The molecule has 1 saturated heterocycles. The Balaban J connectivity index is 1.57. The maximum Gasteiger partial charge on any atom is 0.407 e. The smallest absolute Gasteiger partial charge is 0.407 e. The van der Waals surface area contributed by atoms with Crippen molar-refractivity contribution >= 4 is 46.1 Å². The second-order valence-electron chi connectivity index (χ2n) is 20.3. The highest BCUT2D eigenvalue weighted by Crippen LogP contribution is 2.43. The number of carbonyl (C=O) groups excluding carboxylic acids is 2. The van der Waals surface area contributed by atoms with Crippen LogP contribution < -0.4 is 34.9 Å². The number of carbonyl (C=O) groups is 2. The SMILES string of the molecule is COc1ccc(CN(Cc2ccc(OC)cc2)S(=O)(=O)c2c(S(=O)(=O)NCC(CNC(=O)OC(C)(C)C)O[Si](C)(C)C(C)(C)C)ccc(N3CCC(C(N)=O)C3)c2-c2nnn(Cc3ccc(OC)cc3)n2)cc1. The van der Waals surface area contributed by atoms with E-state index in [9.17, 15) is 9.59 Å². The van der Waals surface area contributed by atoms with Crippen molar-refractivity contribution in [2.75, 3.05) is 52.4 Å². The third-order valence-corrected chi connectivity index (χ3v) is 20.8. The van der Waals surface area contributed by atoms with Gasteiger partial charge in [-0.2, -0.15) is 9.10 Å². The van der Waals surface area contributed by atoms with E-state index in [1.165, 1.54) is 35.5 Å². The number of amides is 2. The van der Waals surface area contributed by atoms with E-state index in [1.807, 2.05) is 46.0 Å². The molecule has 0 radical (unpaired) electrons. The van der Waals surface area contributed by atoms with Crippen molar-refractivity contribution in [1.29, 1.82) is 0 Å². The Morgan fingerprint density at radius 3 is 1.81 bits per heavy atom. The predicted octanol–water partition coefficient (Wildman–Crippen LogP) is 6.31. The first-order valence-corrected chi connectivity index (χ1v) is 29.6.